The highest BCUT2D eigenvalue weighted by atomic mass is 35.5. The highest BCUT2D eigenvalue weighted by molar-refractivity contribution is 6.26. The average Bonchev–Trinajstić information content (AvgIpc) is 1.97. The fourth-order valence-corrected chi connectivity index (χ4v) is 1.47. The Kier molecular flexibility index (Phi) is 2.52. The van der Waals surface area contributed by atoms with E-state index in [4.69, 9.17) is 11.6 Å². The molecule has 0 bridgehead atoms. The number of alkyl halides is 1. The summed E-state index contributed by atoms with van der Waals surface area (Å²) >= 11 is 6.26. The number of hydrogen-bond donors (Lipinski definition) is 1. The largest absolute Gasteiger partial charge is 0.510 e. The van der Waals surface area contributed by atoms with Crippen molar-refractivity contribution in [1.29, 1.82) is 0 Å². The van der Waals surface area contributed by atoms with Gasteiger partial charge in [-0.2, -0.15) is 0 Å². The number of halogens is 1. The predicted octanol–water partition coefficient (Wildman–Crippen LogP) is 3.41. The van der Waals surface area contributed by atoms with E-state index in [1.54, 1.807) is 6.08 Å². The molecular formula is C10H15ClO. The summed E-state index contributed by atoms with van der Waals surface area (Å²) in [4.78, 5) is -0.570. The van der Waals surface area contributed by atoms with Gasteiger partial charge in [-0.3, -0.25) is 0 Å². The molecule has 0 aliphatic heterocycles. The molecule has 1 rings (SSSR count). The first-order valence-corrected chi connectivity index (χ1v) is 4.61. The highest BCUT2D eigenvalue weighted by Gasteiger charge is 2.36. The van der Waals surface area contributed by atoms with E-state index in [1.807, 2.05) is 20.8 Å². The molecule has 0 aromatic rings. The fourth-order valence-electron chi connectivity index (χ4n) is 1.34. The molecule has 2 heteroatoms. The van der Waals surface area contributed by atoms with Gasteiger partial charge in [-0.15, -0.1) is 11.6 Å². The smallest absolute Gasteiger partial charge is 0.114 e. The van der Waals surface area contributed by atoms with Crippen LogP contribution in [0, 0.1) is 5.92 Å². The van der Waals surface area contributed by atoms with Crippen LogP contribution in [-0.2, 0) is 0 Å². The second kappa shape index (κ2) is 3.14. The number of hydrogen-bond acceptors (Lipinski definition) is 1. The van der Waals surface area contributed by atoms with E-state index in [9.17, 15) is 5.11 Å². The van der Waals surface area contributed by atoms with Crippen molar-refractivity contribution in [1.82, 2.24) is 0 Å². The van der Waals surface area contributed by atoms with Gasteiger partial charge in [0.15, 0.2) is 0 Å². The number of allylic oxidation sites excluding steroid dienone is 4. The molecule has 0 saturated heterocycles. The topological polar surface area (TPSA) is 20.2 Å². The van der Waals surface area contributed by atoms with Crippen molar-refractivity contribution in [3.05, 3.63) is 23.5 Å². The Labute approximate surface area is 78.7 Å². The van der Waals surface area contributed by atoms with Crippen molar-refractivity contribution in [2.45, 2.75) is 32.1 Å². The number of rotatable bonds is 1. The highest BCUT2D eigenvalue weighted by Crippen LogP contribution is 2.39. The van der Waals surface area contributed by atoms with E-state index in [0.29, 0.717) is 5.76 Å². The van der Waals surface area contributed by atoms with Crippen molar-refractivity contribution < 1.29 is 5.11 Å². The third kappa shape index (κ3) is 1.51. The molecule has 1 atom stereocenters. The van der Waals surface area contributed by atoms with Gasteiger partial charge >= 0.3 is 0 Å². The Hall–Kier alpha value is -0.430. The zero-order valence-electron chi connectivity index (χ0n) is 7.76. The molecule has 0 amide bonds. The van der Waals surface area contributed by atoms with Gasteiger partial charge in [0.05, 0.1) is 0 Å². The molecule has 0 radical (unpaired) electrons. The van der Waals surface area contributed by atoms with Gasteiger partial charge in [0.1, 0.15) is 10.6 Å². The van der Waals surface area contributed by atoms with Crippen LogP contribution >= 0.6 is 11.6 Å². The molecule has 1 aliphatic carbocycles. The summed E-state index contributed by atoms with van der Waals surface area (Å²) in [5.41, 5.74) is 1.09. The Morgan fingerprint density at radius 1 is 1.58 bits per heavy atom. The van der Waals surface area contributed by atoms with Gasteiger partial charge < -0.3 is 5.11 Å². The molecule has 12 heavy (non-hydrogen) atoms. The molecule has 0 saturated carbocycles. The summed E-state index contributed by atoms with van der Waals surface area (Å²) in [7, 11) is 0. The summed E-state index contributed by atoms with van der Waals surface area (Å²) in [6.45, 7) is 6.00. The zero-order valence-corrected chi connectivity index (χ0v) is 8.52. The summed E-state index contributed by atoms with van der Waals surface area (Å²) in [6.07, 6.45) is 4.53. The lowest BCUT2D eigenvalue weighted by atomic mass is 9.85. The summed E-state index contributed by atoms with van der Waals surface area (Å²) in [6, 6.07) is 0. The van der Waals surface area contributed by atoms with E-state index in [-0.39, 0.29) is 5.92 Å². The van der Waals surface area contributed by atoms with Gasteiger partial charge in [0.2, 0.25) is 0 Å². The van der Waals surface area contributed by atoms with Crippen LogP contribution in [0.15, 0.2) is 23.5 Å². The Morgan fingerprint density at radius 3 is 2.58 bits per heavy atom. The first-order valence-electron chi connectivity index (χ1n) is 4.23. The van der Waals surface area contributed by atoms with Gasteiger partial charge in [-0.25, -0.2) is 0 Å². The molecule has 0 heterocycles. The monoisotopic (exact) mass is 186 g/mol. The predicted molar refractivity (Wildman–Crippen MR) is 52.5 cm³/mol. The summed E-state index contributed by atoms with van der Waals surface area (Å²) < 4.78 is 0. The minimum atomic E-state index is -0.570. The summed E-state index contributed by atoms with van der Waals surface area (Å²) in [5, 5.41) is 9.66. The maximum absolute atomic E-state index is 9.66. The van der Waals surface area contributed by atoms with E-state index in [0.717, 1.165) is 12.0 Å². The first kappa shape index (κ1) is 9.66. The van der Waals surface area contributed by atoms with Crippen LogP contribution < -0.4 is 0 Å². The van der Waals surface area contributed by atoms with Gasteiger partial charge in [0.25, 0.3) is 0 Å². The van der Waals surface area contributed by atoms with Crippen LogP contribution in [0.1, 0.15) is 27.2 Å². The Morgan fingerprint density at radius 2 is 2.17 bits per heavy atom. The van der Waals surface area contributed by atoms with Gasteiger partial charge in [0, 0.05) is 0 Å². The molecule has 0 aromatic heterocycles. The van der Waals surface area contributed by atoms with E-state index in [2.05, 4.69) is 6.08 Å². The molecule has 0 unspecified atom stereocenters. The second-order valence-electron chi connectivity index (χ2n) is 3.70. The normalized spacial score (nSPS) is 30.1. The first-order chi connectivity index (χ1) is 5.47. The van der Waals surface area contributed by atoms with Gasteiger partial charge in [-0.1, -0.05) is 25.5 Å². The van der Waals surface area contributed by atoms with E-state index in [1.165, 1.54) is 0 Å². The molecule has 1 nitrogen and oxygen atoms in total. The van der Waals surface area contributed by atoms with Gasteiger partial charge in [-0.05, 0) is 25.3 Å². The zero-order chi connectivity index (χ0) is 9.35. The second-order valence-corrected chi connectivity index (χ2v) is 4.37. The molecule has 1 N–H and O–H groups in total. The molecule has 0 fully saturated rings. The van der Waals surface area contributed by atoms with Crippen molar-refractivity contribution in [2.75, 3.05) is 0 Å². The minimum absolute atomic E-state index is 0.250. The Balaban J connectivity index is 2.93. The van der Waals surface area contributed by atoms with Crippen LogP contribution in [0.3, 0.4) is 0 Å². The maximum atomic E-state index is 9.66. The fraction of sp³-hybridized carbons (Fsp3) is 0.600. The van der Waals surface area contributed by atoms with Crippen LogP contribution in [0.5, 0.6) is 0 Å². The van der Waals surface area contributed by atoms with Crippen LogP contribution in [-0.4, -0.2) is 9.98 Å². The minimum Gasteiger partial charge on any atom is -0.510 e. The van der Waals surface area contributed by atoms with Crippen molar-refractivity contribution >= 4 is 11.6 Å². The van der Waals surface area contributed by atoms with Crippen LogP contribution in [0.25, 0.3) is 0 Å². The van der Waals surface area contributed by atoms with Crippen molar-refractivity contribution in [3.8, 4) is 0 Å². The SMILES string of the molecule is CC1=CC[C@@](Cl)(C(C)C)C(O)=C1. The molecule has 68 valence electrons. The number of aliphatic hydroxyl groups is 1. The lowest BCUT2D eigenvalue weighted by Gasteiger charge is -2.31. The third-order valence-corrected chi connectivity index (χ3v) is 3.21. The molecule has 0 aromatic carbocycles. The maximum Gasteiger partial charge on any atom is 0.114 e. The van der Waals surface area contributed by atoms with Crippen LogP contribution in [0.4, 0.5) is 0 Å². The lowest BCUT2D eigenvalue weighted by molar-refractivity contribution is 0.300. The molecular weight excluding hydrogens is 172 g/mol. The van der Waals surface area contributed by atoms with Crippen LogP contribution in [0.2, 0.25) is 0 Å². The molecule has 1 aliphatic rings. The van der Waals surface area contributed by atoms with Crippen molar-refractivity contribution in [2.24, 2.45) is 5.92 Å². The van der Waals surface area contributed by atoms with Crippen molar-refractivity contribution in [3.63, 3.8) is 0 Å². The standard InChI is InChI=1S/C10H15ClO/c1-7(2)10(11)5-4-8(3)6-9(10)12/h4,6-7,12H,5H2,1-3H3/t10-/m1/s1. The third-order valence-electron chi connectivity index (χ3n) is 2.43. The van der Waals surface area contributed by atoms with E-state index >= 15 is 0 Å². The lowest BCUT2D eigenvalue weighted by Crippen LogP contribution is -2.32. The quantitative estimate of drug-likeness (QED) is 0.623. The summed E-state index contributed by atoms with van der Waals surface area (Å²) in [5.74, 6) is 0.555. The Bertz CT molecular complexity index is 240. The number of aliphatic hydroxyl groups excluding tert-OH is 1. The molecule has 0 spiro atoms. The van der Waals surface area contributed by atoms with E-state index < -0.39 is 4.87 Å². The average molecular weight is 187 g/mol.